The van der Waals surface area contributed by atoms with Crippen LogP contribution in [0.5, 0.6) is 5.75 Å². The molecule has 0 bridgehead atoms. The van der Waals surface area contributed by atoms with Gasteiger partial charge in [0.05, 0.1) is 12.9 Å². The second-order valence-electron chi connectivity index (χ2n) is 7.93. The molecule has 0 N–H and O–H groups in total. The molecule has 7 nitrogen and oxygen atoms in total. The lowest BCUT2D eigenvalue weighted by Gasteiger charge is -2.34. The molecule has 4 rings (SSSR count). The summed E-state index contributed by atoms with van der Waals surface area (Å²) >= 11 is 1.44. The Labute approximate surface area is 193 Å². The highest BCUT2D eigenvalue weighted by molar-refractivity contribution is 7.99. The van der Waals surface area contributed by atoms with Crippen molar-refractivity contribution in [2.45, 2.75) is 18.5 Å². The smallest absolute Gasteiger partial charge is 0.233 e. The van der Waals surface area contributed by atoms with Crippen molar-refractivity contribution < 1.29 is 9.53 Å². The first-order valence-corrected chi connectivity index (χ1v) is 11.8. The summed E-state index contributed by atoms with van der Waals surface area (Å²) in [6.07, 6.45) is 2.70. The van der Waals surface area contributed by atoms with Crippen LogP contribution in [0.1, 0.15) is 11.1 Å². The third-order valence-electron chi connectivity index (χ3n) is 5.75. The van der Waals surface area contributed by atoms with Crippen molar-refractivity contribution in [1.82, 2.24) is 24.6 Å². The van der Waals surface area contributed by atoms with Gasteiger partial charge in [-0.25, -0.2) is 0 Å². The van der Waals surface area contributed by atoms with Gasteiger partial charge in [0.25, 0.3) is 0 Å². The van der Waals surface area contributed by atoms with Crippen LogP contribution in [0.2, 0.25) is 0 Å². The number of carbonyl (C=O) groups is 1. The lowest BCUT2D eigenvalue weighted by Crippen LogP contribution is -2.49. The Morgan fingerprint density at radius 3 is 2.44 bits per heavy atom. The molecule has 0 atom stereocenters. The van der Waals surface area contributed by atoms with Gasteiger partial charge in [-0.15, -0.1) is 10.2 Å². The van der Waals surface area contributed by atoms with Crippen molar-refractivity contribution in [3.63, 3.8) is 0 Å². The Morgan fingerprint density at radius 2 is 1.75 bits per heavy atom. The first kappa shape index (κ1) is 22.4. The standard InChI is InChI=1S/C24H29N5O2S/c1-19-3-7-21(8-4-19)29-18-25-26-24(29)32-17-23(30)28-15-13-27(14-16-28)12-11-20-5-9-22(31-2)10-6-20/h3-10,18H,11-17H2,1-2H3. The second-order valence-corrected chi connectivity index (χ2v) is 8.87. The fourth-order valence-corrected chi connectivity index (χ4v) is 4.55. The average molecular weight is 452 g/mol. The fourth-order valence-electron chi connectivity index (χ4n) is 3.72. The van der Waals surface area contributed by atoms with Crippen LogP contribution >= 0.6 is 11.8 Å². The number of methoxy groups -OCH3 is 1. The third-order valence-corrected chi connectivity index (χ3v) is 6.68. The van der Waals surface area contributed by atoms with E-state index < -0.39 is 0 Å². The van der Waals surface area contributed by atoms with Crippen molar-refractivity contribution in [3.05, 3.63) is 66.0 Å². The van der Waals surface area contributed by atoms with Gasteiger partial charge in [-0.05, 0) is 43.2 Å². The Balaban J connectivity index is 1.22. The number of piperazine rings is 1. The molecule has 0 radical (unpaired) electrons. The molecule has 0 unspecified atom stereocenters. The van der Waals surface area contributed by atoms with E-state index in [1.807, 2.05) is 33.7 Å². The molecule has 2 heterocycles. The molecule has 0 saturated carbocycles. The average Bonchev–Trinajstić information content (AvgIpc) is 3.31. The van der Waals surface area contributed by atoms with E-state index in [2.05, 4.69) is 46.3 Å². The summed E-state index contributed by atoms with van der Waals surface area (Å²) in [6.45, 7) is 6.42. The lowest BCUT2D eigenvalue weighted by atomic mass is 10.1. The van der Waals surface area contributed by atoms with Gasteiger partial charge in [0.1, 0.15) is 12.1 Å². The van der Waals surface area contributed by atoms with Crippen molar-refractivity contribution >= 4 is 17.7 Å². The maximum absolute atomic E-state index is 12.7. The summed E-state index contributed by atoms with van der Waals surface area (Å²) in [5, 5.41) is 8.96. The molecule has 0 aliphatic carbocycles. The zero-order chi connectivity index (χ0) is 22.3. The highest BCUT2D eigenvalue weighted by atomic mass is 32.2. The largest absolute Gasteiger partial charge is 0.497 e. The molecule has 1 saturated heterocycles. The van der Waals surface area contributed by atoms with Gasteiger partial charge >= 0.3 is 0 Å². The van der Waals surface area contributed by atoms with E-state index in [0.29, 0.717) is 5.75 Å². The van der Waals surface area contributed by atoms with E-state index >= 15 is 0 Å². The van der Waals surface area contributed by atoms with Gasteiger partial charge in [0.15, 0.2) is 5.16 Å². The molecular formula is C24H29N5O2S. The number of aryl methyl sites for hydroxylation is 1. The number of thioether (sulfide) groups is 1. The first-order valence-electron chi connectivity index (χ1n) is 10.9. The number of rotatable bonds is 8. The summed E-state index contributed by atoms with van der Waals surface area (Å²) in [4.78, 5) is 17.1. The number of carbonyl (C=O) groups excluding carboxylic acids is 1. The molecule has 1 aliphatic rings. The Morgan fingerprint density at radius 1 is 1.03 bits per heavy atom. The fraction of sp³-hybridized carbons (Fsp3) is 0.375. The summed E-state index contributed by atoms with van der Waals surface area (Å²) in [5.74, 6) is 1.41. The van der Waals surface area contributed by atoms with E-state index in [0.717, 1.165) is 55.7 Å². The van der Waals surface area contributed by atoms with E-state index in [1.165, 1.54) is 22.9 Å². The zero-order valence-corrected chi connectivity index (χ0v) is 19.4. The Hall–Kier alpha value is -2.84. The molecule has 1 aromatic heterocycles. The minimum Gasteiger partial charge on any atom is -0.497 e. The van der Waals surface area contributed by atoms with Crippen LogP contribution in [0.4, 0.5) is 0 Å². The van der Waals surface area contributed by atoms with Gasteiger partial charge in [0, 0.05) is 38.4 Å². The predicted octanol–water partition coefficient (Wildman–Crippen LogP) is 3.06. The Bertz CT molecular complexity index is 1010. The van der Waals surface area contributed by atoms with Crippen LogP contribution in [-0.2, 0) is 11.2 Å². The molecule has 1 aliphatic heterocycles. The van der Waals surface area contributed by atoms with Crippen molar-refractivity contribution in [1.29, 1.82) is 0 Å². The van der Waals surface area contributed by atoms with Gasteiger partial charge in [-0.2, -0.15) is 0 Å². The highest BCUT2D eigenvalue weighted by Gasteiger charge is 2.21. The van der Waals surface area contributed by atoms with Gasteiger partial charge in [0.2, 0.25) is 5.91 Å². The molecule has 168 valence electrons. The number of ether oxygens (including phenoxy) is 1. The van der Waals surface area contributed by atoms with Crippen LogP contribution in [0, 0.1) is 6.92 Å². The van der Waals surface area contributed by atoms with Crippen LogP contribution in [0.3, 0.4) is 0 Å². The maximum atomic E-state index is 12.7. The SMILES string of the molecule is COc1ccc(CCN2CCN(C(=O)CSc3nncn3-c3ccc(C)cc3)CC2)cc1. The molecule has 1 fully saturated rings. The summed E-state index contributed by atoms with van der Waals surface area (Å²) in [6, 6.07) is 16.4. The van der Waals surface area contributed by atoms with E-state index in [-0.39, 0.29) is 5.91 Å². The summed E-state index contributed by atoms with van der Waals surface area (Å²) < 4.78 is 7.14. The molecule has 1 amide bonds. The predicted molar refractivity (Wildman–Crippen MR) is 127 cm³/mol. The van der Waals surface area contributed by atoms with Crippen molar-refractivity contribution in [3.8, 4) is 11.4 Å². The zero-order valence-electron chi connectivity index (χ0n) is 18.6. The van der Waals surface area contributed by atoms with Crippen LogP contribution in [0.15, 0.2) is 60.0 Å². The van der Waals surface area contributed by atoms with Crippen LogP contribution in [-0.4, -0.2) is 76.1 Å². The number of aromatic nitrogens is 3. The van der Waals surface area contributed by atoms with Crippen molar-refractivity contribution in [2.24, 2.45) is 0 Å². The van der Waals surface area contributed by atoms with Gasteiger partial charge in [-0.1, -0.05) is 41.6 Å². The van der Waals surface area contributed by atoms with E-state index in [9.17, 15) is 4.79 Å². The summed E-state index contributed by atoms with van der Waals surface area (Å²) in [5.41, 5.74) is 3.51. The van der Waals surface area contributed by atoms with Gasteiger partial charge < -0.3 is 9.64 Å². The lowest BCUT2D eigenvalue weighted by molar-refractivity contribution is -0.130. The topological polar surface area (TPSA) is 63.5 Å². The third kappa shape index (κ3) is 5.69. The van der Waals surface area contributed by atoms with E-state index in [1.54, 1.807) is 13.4 Å². The molecule has 32 heavy (non-hydrogen) atoms. The molecule has 0 spiro atoms. The second kappa shape index (κ2) is 10.7. The minimum atomic E-state index is 0.156. The molecule has 8 heteroatoms. The first-order chi connectivity index (χ1) is 15.6. The maximum Gasteiger partial charge on any atom is 0.233 e. The number of amides is 1. The van der Waals surface area contributed by atoms with Crippen LogP contribution in [0.25, 0.3) is 5.69 Å². The molecule has 3 aromatic rings. The van der Waals surface area contributed by atoms with Crippen molar-refractivity contribution in [2.75, 3.05) is 45.6 Å². The summed E-state index contributed by atoms with van der Waals surface area (Å²) in [7, 11) is 1.68. The normalized spacial score (nSPS) is 14.5. The number of nitrogens with zero attached hydrogens (tertiary/aromatic N) is 5. The Kier molecular flexibility index (Phi) is 7.44. The number of hydrogen-bond acceptors (Lipinski definition) is 6. The minimum absolute atomic E-state index is 0.156. The van der Waals surface area contributed by atoms with E-state index in [4.69, 9.17) is 4.74 Å². The van der Waals surface area contributed by atoms with Crippen LogP contribution < -0.4 is 4.74 Å². The van der Waals surface area contributed by atoms with Gasteiger partial charge in [-0.3, -0.25) is 14.3 Å². The molecular weight excluding hydrogens is 422 g/mol. The number of benzene rings is 2. The molecule has 2 aromatic carbocycles. The number of hydrogen-bond donors (Lipinski definition) is 0. The monoisotopic (exact) mass is 451 g/mol. The quantitative estimate of drug-likeness (QED) is 0.491. The highest BCUT2D eigenvalue weighted by Crippen LogP contribution is 2.20.